The van der Waals surface area contributed by atoms with E-state index in [1.54, 1.807) is 0 Å². The number of rotatable bonds is 0. The molecule has 1 aromatic rings. The Morgan fingerprint density at radius 2 is 2.20 bits per heavy atom. The molecule has 1 heterocycles. The fourth-order valence-corrected chi connectivity index (χ4v) is 0.577. The number of aromatic nitrogens is 2. The second-order valence-corrected chi connectivity index (χ2v) is 1.81. The first-order valence-corrected chi connectivity index (χ1v) is 2.48. The Bertz CT molecular complexity index is 225. The van der Waals surface area contributed by atoms with E-state index in [1.165, 1.54) is 7.05 Å². The molecule has 0 aliphatic heterocycles. The molecule has 5 heteroatoms. The molecule has 1 radical (unpaired) electrons. The first-order chi connectivity index (χ1) is 4.52. The second-order valence-electron chi connectivity index (χ2n) is 1.81. The van der Waals surface area contributed by atoms with Crippen molar-refractivity contribution in [3.63, 3.8) is 0 Å². The Hall–Kier alpha value is -1.00. The minimum Gasteiger partial charge on any atom is -0.330 e. The van der Waals surface area contributed by atoms with Gasteiger partial charge in [-0.3, -0.25) is 0 Å². The lowest BCUT2D eigenvalue weighted by Gasteiger charge is -2.04. The van der Waals surface area contributed by atoms with Crippen molar-refractivity contribution in [1.29, 1.82) is 0 Å². The lowest BCUT2D eigenvalue weighted by atomic mass is 10.5. The van der Waals surface area contributed by atoms with Crippen molar-refractivity contribution in [1.82, 2.24) is 9.55 Å². The molecule has 1 rings (SSSR count). The van der Waals surface area contributed by atoms with Crippen molar-refractivity contribution in [2.75, 3.05) is 0 Å². The zero-order valence-corrected chi connectivity index (χ0v) is 5.11. The van der Waals surface area contributed by atoms with Crippen molar-refractivity contribution < 1.29 is 13.2 Å². The molecule has 0 aliphatic rings. The first kappa shape index (κ1) is 7.11. The number of imidazole rings is 1. The standard InChI is InChI=1S/C5H4F3N2/c1-10-3-9-2-4(10)5(6,7)8/h3H,1H3. The number of hydrogen-bond acceptors (Lipinski definition) is 1. The van der Waals surface area contributed by atoms with Crippen LogP contribution in [-0.2, 0) is 13.2 Å². The van der Waals surface area contributed by atoms with Crippen LogP contribution in [0.4, 0.5) is 13.2 Å². The van der Waals surface area contributed by atoms with Gasteiger partial charge in [-0.2, -0.15) is 13.2 Å². The van der Waals surface area contributed by atoms with Gasteiger partial charge in [-0.25, -0.2) is 4.98 Å². The number of alkyl halides is 3. The van der Waals surface area contributed by atoms with Gasteiger partial charge < -0.3 is 4.57 Å². The van der Waals surface area contributed by atoms with Gasteiger partial charge in [0.2, 0.25) is 0 Å². The van der Waals surface area contributed by atoms with Crippen LogP contribution in [-0.4, -0.2) is 9.55 Å². The average molecular weight is 149 g/mol. The molecule has 10 heavy (non-hydrogen) atoms. The number of hydrogen-bond donors (Lipinski definition) is 0. The summed E-state index contributed by atoms with van der Waals surface area (Å²) in [5.74, 6) is 0. The normalized spacial score (nSPS) is 12.0. The molecule has 0 bridgehead atoms. The summed E-state index contributed by atoms with van der Waals surface area (Å²) < 4.78 is 36.2. The van der Waals surface area contributed by atoms with E-state index in [0.717, 1.165) is 10.9 Å². The van der Waals surface area contributed by atoms with Crippen molar-refractivity contribution in [3.8, 4) is 0 Å². The highest BCUT2D eigenvalue weighted by atomic mass is 19.4. The van der Waals surface area contributed by atoms with E-state index >= 15 is 0 Å². The Balaban J connectivity index is 3.05. The molecule has 0 aliphatic carbocycles. The molecule has 0 unspecified atom stereocenters. The Morgan fingerprint density at radius 1 is 1.60 bits per heavy atom. The van der Waals surface area contributed by atoms with E-state index in [4.69, 9.17) is 0 Å². The van der Waals surface area contributed by atoms with E-state index in [2.05, 4.69) is 4.98 Å². The third-order valence-corrected chi connectivity index (χ3v) is 1.02. The molecule has 55 valence electrons. The van der Waals surface area contributed by atoms with Crippen LogP contribution in [0.15, 0.2) is 6.33 Å². The van der Waals surface area contributed by atoms with Crippen LogP contribution in [0, 0.1) is 6.20 Å². The summed E-state index contributed by atoms with van der Waals surface area (Å²) in [5, 5.41) is 0. The van der Waals surface area contributed by atoms with Crippen LogP contribution in [0.25, 0.3) is 0 Å². The molecule has 0 saturated heterocycles. The molecule has 1 aromatic heterocycles. The molecule has 0 saturated carbocycles. The summed E-state index contributed by atoms with van der Waals surface area (Å²) in [7, 11) is 1.27. The van der Waals surface area contributed by atoms with Gasteiger partial charge in [0.1, 0.15) is 6.20 Å². The monoisotopic (exact) mass is 149 g/mol. The molecule has 0 aromatic carbocycles. The molecule has 0 spiro atoms. The van der Waals surface area contributed by atoms with Gasteiger partial charge in [0, 0.05) is 7.05 Å². The summed E-state index contributed by atoms with van der Waals surface area (Å²) in [5.41, 5.74) is -0.854. The fourth-order valence-electron chi connectivity index (χ4n) is 0.577. The van der Waals surface area contributed by atoms with E-state index < -0.39 is 11.9 Å². The first-order valence-electron chi connectivity index (χ1n) is 2.48. The van der Waals surface area contributed by atoms with Crippen molar-refractivity contribution in [3.05, 3.63) is 18.2 Å². The smallest absolute Gasteiger partial charge is 0.330 e. The molecule has 0 amide bonds. The van der Waals surface area contributed by atoms with Gasteiger partial charge in [0.05, 0.1) is 6.33 Å². The van der Waals surface area contributed by atoms with Gasteiger partial charge in [-0.05, 0) is 0 Å². The lowest BCUT2D eigenvalue weighted by Crippen LogP contribution is -2.10. The van der Waals surface area contributed by atoms with Gasteiger partial charge in [-0.1, -0.05) is 0 Å². The third-order valence-electron chi connectivity index (χ3n) is 1.02. The highest BCUT2D eigenvalue weighted by Crippen LogP contribution is 2.27. The zero-order valence-electron chi connectivity index (χ0n) is 5.11. The summed E-state index contributed by atoms with van der Waals surface area (Å²) in [4.78, 5) is 3.21. The van der Waals surface area contributed by atoms with Crippen LogP contribution in [0.1, 0.15) is 5.69 Å². The molecular weight excluding hydrogens is 145 g/mol. The average Bonchev–Trinajstić information content (AvgIpc) is 2.11. The predicted molar refractivity (Wildman–Crippen MR) is 27.0 cm³/mol. The molecule has 0 fully saturated rings. The van der Waals surface area contributed by atoms with Crippen molar-refractivity contribution in [2.24, 2.45) is 7.05 Å². The number of nitrogens with zero attached hydrogens (tertiary/aromatic N) is 2. The summed E-state index contributed by atoms with van der Waals surface area (Å²) in [6.45, 7) is 0. The Labute approximate surface area is 55.3 Å². The van der Waals surface area contributed by atoms with Gasteiger partial charge >= 0.3 is 6.18 Å². The maximum Gasteiger partial charge on any atom is 0.433 e. The maximum absolute atomic E-state index is 11.8. The Kier molecular flexibility index (Phi) is 1.42. The quantitative estimate of drug-likeness (QED) is 0.542. The van der Waals surface area contributed by atoms with Crippen LogP contribution in [0.3, 0.4) is 0 Å². The lowest BCUT2D eigenvalue weighted by molar-refractivity contribution is -0.143. The summed E-state index contributed by atoms with van der Waals surface area (Å²) in [6, 6.07) is 0. The zero-order chi connectivity index (χ0) is 7.78. The van der Waals surface area contributed by atoms with Crippen LogP contribution in [0.2, 0.25) is 0 Å². The highest BCUT2D eigenvalue weighted by molar-refractivity contribution is 4.99. The van der Waals surface area contributed by atoms with Crippen LogP contribution < -0.4 is 0 Å². The maximum atomic E-state index is 11.8. The van der Waals surface area contributed by atoms with Crippen LogP contribution in [0.5, 0.6) is 0 Å². The fraction of sp³-hybridized carbons (Fsp3) is 0.400. The minimum absolute atomic E-state index is 0.854. The van der Waals surface area contributed by atoms with E-state index in [-0.39, 0.29) is 0 Å². The topological polar surface area (TPSA) is 17.8 Å². The number of aryl methyl sites for hydroxylation is 1. The summed E-state index contributed by atoms with van der Waals surface area (Å²) in [6.07, 6.45) is -1.45. The molecule has 0 N–H and O–H groups in total. The Morgan fingerprint density at radius 3 is 2.40 bits per heavy atom. The van der Waals surface area contributed by atoms with Crippen molar-refractivity contribution >= 4 is 0 Å². The largest absolute Gasteiger partial charge is 0.433 e. The number of halogens is 3. The van der Waals surface area contributed by atoms with Gasteiger partial charge in [-0.15, -0.1) is 0 Å². The molecule has 2 nitrogen and oxygen atoms in total. The minimum atomic E-state index is -4.34. The van der Waals surface area contributed by atoms with Crippen LogP contribution >= 0.6 is 0 Å². The van der Waals surface area contributed by atoms with E-state index in [9.17, 15) is 13.2 Å². The van der Waals surface area contributed by atoms with E-state index in [1.807, 2.05) is 6.20 Å². The predicted octanol–water partition coefficient (Wildman–Crippen LogP) is 1.24. The second kappa shape index (κ2) is 2.00. The highest BCUT2D eigenvalue weighted by Gasteiger charge is 2.34. The molecule has 0 atom stereocenters. The third kappa shape index (κ3) is 1.12. The van der Waals surface area contributed by atoms with E-state index in [0.29, 0.717) is 0 Å². The molecular formula is C5H4F3N2. The SMILES string of the molecule is Cn1cn[c]c1C(F)(F)F. The van der Waals surface area contributed by atoms with Gasteiger partial charge in [0.15, 0.2) is 5.69 Å². The van der Waals surface area contributed by atoms with Gasteiger partial charge in [0.25, 0.3) is 0 Å². The summed E-state index contributed by atoms with van der Waals surface area (Å²) >= 11 is 0. The van der Waals surface area contributed by atoms with Crippen molar-refractivity contribution in [2.45, 2.75) is 6.18 Å².